The molecule has 1 heterocycles. The predicted octanol–water partition coefficient (Wildman–Crippen LogP) is 0.962. The predicted molar refractivity (Wildman–Crippen MR) is 70.7 cm³/mol. The zero-order valence-electron chi connectivity index (χ0n) is 11.5. The molecule has 100 valence electrons. The van der Waals surface area contributed by atoms with Gasteiger partial charge in [-0.15, -0.1) is 0 Å². The number of carbonyl (C=O) groups excluding carboxylic acids is 1. The fourth-order valence-electron chi connectivity index (χ4n) is 2.36. The molecule has 0 aromatic rings. The summed E-state index contributed by atoms with van der Waals surface area (Å²) in [6, 6.07) is 0.517. The van der Waals surface area contributed by atoms with Gasteiger partial charge in [0.25, 0.3) is 0 Å². The molecule has 1 aliphatic rings. The Hall–Kier alpha value is -0.610. The number of nitrogens with one attached hydrogen (secondary N) is 1. The number of rotatable bonds is 6. The molecule has 2 unspecified atom stereocenters. The van der Waals surface area contributed by atoms with Gasteiger partial charge in [-0.25, -0.2) is 0 Å². The first-order valence-electron chi connectivity index (χ1n) is 6.79. The van der Waals surface area contributed by atoms with Crippen LogP contribution in [-0.4, -0.2) is 43.0 Å². The van der Waals surface area contributed by atoms with Crippen LogP contribution in [0.2, 0.25) is 0 Å². The highest BCUT2D eigenvalue weighted by atomic mass is 16.2. The maximum atomic E-state index is 12.1. The molecule has 1 aliphatic heterocycles. The number of hydrogen-bond donors (Lipinski definition) is 2. The van der Waals surface area contributed by atoms with Crippen LogP contribution in [0.3, 0.4) is 0 Å². The van der Waals surface area contributed by atoms with Crippen LogP contribution >= 0.6 is 0 Å². The van der Waals surface area contributed by atoms with Crippen LogP contribution < -0.4 is 11.1 Å². The van der Waals surface area contributed by atoms with Crippen LogP contribution in [0.4, 0.5) is 0 Å². The quantitative estimate of drug-likeness (QED) is 0.728. The Morgan fingerprint density at radius 3 is 2.76 bits per heavy atom. The highest BCUT2D eigenvalue weighted by Gasteiger charge is 2.31. The van der Waals surface area contributed by atoms with Gasteiger partial charge in [-0.1, -0.05) is 13.8 Å². The molecule has 0 aromatic carbocycles. The topological polar surface area (TPSA) is 58.4 Å². The molecular formula is C13H27N3O. The van der Waals surface area contributed by atoms with Crippen molar-refractivity contribution in [1.82, 2.24) is 10.2 Å². The molecule has 0 radical (unpaired) electrons. The summed E-state index contributed by atoms with van der Waals surface area (Å²) in [6.45, 7) is 9.55. The van der Waals surface area contributed by atoms with Crippen LogP contribution in [0.25, 0.3) is 0 Å². The van der Waals surface area contributed by atoms with E-state index in [1.54, 1.807) is 0 Å². The first-order valence-corrected chi connectivity index (χ1v) is 6.79. The lowest BCUT2D eigenvalue weighted by molar-refractivity contribution is -0.130. The second kappa shape index (κ2) is 6.36. The van der Waals surface area contributed by atoms with Crippen LogP contribution in [0.1, 0.15) is 40.0 Å². The van der Waals surface area contributed by atoms with Gasteiger partial charge in [-0.05, 0) is 39.3 Å². The number of carbonyl (C=O) groups is 1. The molecule has 0 bridgehead atoms. The number of likely N-dealkylation sites (tertiary alicyclic amines) is 1. The molecule has 1 saturated heterocycles. The third kappa shape index (κ3) is 3.42. The average molecular weight is 241 g/mol. The summed E-state index contributed by atoms with van der Waals surface area (Å²) in [4.78, 5) is 14.5. The second-order valence-corrected chi connectivity index (χ2v) is 5.25. The lowest BCUT2D eigenvalue weighted by atomic mass is 9.86. The van der Waals surface area contributed by atoms with Crippen molar-refractivity contribution in [2.75, 3.05) is 26.2 Å². The smallest absolute Gasteiger partial charge is 0.227 e. The molecule has 0 spiro atoms. The first kappa shape index (κ1) is 14.5. The summed E-state index contributed by atoms with van der Waals surface area (Å²) in [5.41, 5.74) is 5.28. The van der Waals surface area contributed by atoms with E-state index < -0.39 is 5.41 Å². The van der Waals surface area contributed by atoms with Gasteiger partial charge in [0.15, 0.2) is 0 Å². The largest absolute Gasteiger partial charge is 0.354 e. The molecule has 17 heavy (non-hydrogen) atoms. The maximum absolute atomic E-state index is 12.1. The van der Waals surface area contributed by atoms with Gasteiger partial charge in [0.1, 0.15) is 0 Å². The molecule has 0 aliphatic carbocycles. The van der Waals surface area contributed by atoms with Gasteiger partial charge >= 0.3 is 0 Å². The Morgan fingerprint density at radius 1 is 1.53 bits per heavy atom. The number of nitrogens with two attached hydrogens (primary N) is 1. The van der Waals surface area contributed by atoms with Crippen molar-refractivity contribution >= 4 is 5.91 Å². The molecule has 1 fully saturated rings. The van der Waals surface area contributed by atoms with Crippen molar-refractivity contribution in [3.05, 3.63) is 0 Å². The van der Waals surface area contributed by atoms with Crippen molar-refractivity contribution in [1.29, 1.82) is 0 Å². The molecule has 3 N–H and O–H groups in total. The molecule has 1 amide bonds. The highest BCUT2D eigenvalue weighted by Crippen LogP contribution is 2.20. The molecule has 0 saturated carbocycles. The summed E-state index contributed by atoms with van der Waals surface area (Å²) in [6.07, 6.45) is 3.23. The van der Waals surface area contributed by atoms with E-state index in [-0.39, 0.29) is 5.91 Å². The van der Waals surface area contributed by atoms with Crippen LogP contribution in [-0.2, 0) is 4.79 Å². The Balaban J connectivity index is 2.42. The minimum absolute atomic E-state index is 0.102. The summed E-state index contributed by atoms with van der Waals surface area (Å²) in [7, 11) is 0. The molecule has 4 nitrogen and oxygen atoms in total. The van der Waals surface area contributed by atoms with Crippen molar-refractivity contribution in [3.8, 4) is 0 Å². The normalized spacial score (nSPS) is 24.6. The van der Waals surface area contributed by atoms with E-state index in [1.165, 1.54) is 19.4 Å². The molecule has 4 heteroatoms. The average Bonchev–Trinajstić information content (AvgIpc) is 2.82. The Bertz CT molecular complexity index is 251. The summed E-state index contributed by atoms with van der Waals surface area (Å²) in [5.74, 6) is 0.102. The number of amides is 1. The number of nitrogens with zero attached hydrogens (tertiary/aromatic N) is 1. The summed E-state index contributed by atoms with van der Waals surface area (Å²) in [5, 5.41) is 3.07. The minimum Gasteiger partial charge on any atom is -0.354 e. The number of hydrogen-bond acceptors (Lipinski definition) is 3. The van der Waals surface area contributed by atoms with Gasteiger partial charge in [0.05, 0.1) is 5.41 Å². The first-order chi connectivity index (χ1) is 8.07. The van der Waals surface area contributed by atoms with E-state index in [0.717, 1.165) is 19.5 Å². The van der Waals surface area contributed by atoms with Gasteiger partial charge in [0.2, 0.25) is 5.91 Å². The standard InChI is InChI=1S/C13H27N3O/c1-4-13(3,10-14)12(17)15-9-11-7-6-8-16(11)5-2/h11H,4-10,14H2,1-3H3,(H,15,17). The zero-order chi connectivity index (χ0) is 12.9. The van der Waals surface area contributed by atoms with Gasteiger partial charge in [0, 0.05) is 19.1 Å². The fraction of sp³-hybridized carbons (Fsp3) is 0.923. The highest BCUT2D eigenvalue weighted by molar-refractivity contribution is 5.82. The van der Waals surface area contributed by atoms with E-state index in [4.69, 9.17) is 5.73 Å². The van der Waals surface area contributed by atoms with Crippen LogP contribution in [0.15, 0.2) is 0 Å². The SMILES string of the molecule is CCN1CCCC1CNC(=O)C(C)(CC)CN. The Labute approximate surface area is 105 Å². The van der Waals surface area contributed by atoms with E-state index in [1.807, 2.05) is 13.8 Å². The molecule has 1 rings (SSSR count). The van der Waals surface area contributed by atoms with Crippen molar-refractivity contribution in [2.45, 2.75) is 46.1 Å². The lowest BCUT2D eigenvalue weighted by Gasteiger charge is -2.28. The fourth-order valence-corrected chi connectivity index (χ4v) is 2.36. The van der Waals surface area contributed by atoms with Gasteiger partial charge in [-0.2, -0.15) is 0 Å². The van der Waals surface area contributed by atoms with Crippen molar-refractivity contribution in [2.24, 2.45) is 11.1 Å². The maximum Gasteiger partial charge on any atom is 0.227 e. The summed E-state index contributed by atoms with van der Waals surface area (Å²) < 4.78 is 0. The Kier molecular flexibility index (Phi) is 5.40. The van der Waals surface area contributed by atoms with Crippen LogP contribution in [0.5, 0.6) is 0 Å². The Morgan fingerprint density at radius 2 is 2.24 bits per heavy atom. The van der Waals surface area contributed by atoms with E-state index in [2.05, 4.69) is 17.1 Å². The van der Waals surface area contributed by atoms with E-state index in [9.17, 15) is 4.79 Å². The zero-order valence-corrected chi connectivity index (χ0v) is 11.5. The second-order valence-electron chi connectivity index (χ2n) is 5.25. The molecule has 2 atom stereocenters. The minimum atomic E-state index is -0.407. The lowest BCUT2D eigenvalue weighted by Crippen LogP contribution is -2.47. The van der Waals surface area contributed by atoms with Gasteiger partial charge in [-0.3, -0.25) is 9.69 Å². The third-order valence-corrected chi connectivity index (χ3v) is 4.18. The molecular weight excluding hydrogens is 214 g/mol. The van der Waals surface area contributed by atoms with Crippen molar-refractivity contribution < 1.29 is 4.79 Å². The van der Waals surface area contributed by atoms with Crippen LogP contribution in [0, 0.1) is 5.41 Å². The monoisotopic (exact) mass is 241 g/mol. The molecule has 0 aromatic heterocycles. The number of likely N-dealkylation sites (N-methyl/N-ethyl adjacent to an activating group) is 1. The van der Waals surface area contributed by atoms with Gasteiger partial charge < -0.3 is 11.1 Å². The third-order valence-electron chi connectivity index (χ3n) is 4.18. The van der Waals surface area contributed by atoms with E-state index in [0.29, 0.717) is 12.6 Å². The van der Waals surface area contributed by atoms with E-state index >= 15 is 0 Å². The van der Waals surface area contributed by atoms with Crippen molar-refractivity contribution in [3.63, 3.8) is 0 Å². The summed E-state index contributed by atoms with van der Waals surface area (Å²) >= 11 is 0.